The third kappa shape index (κ3) is 2.34. The standard InChI is InChI=1S/C14H11FN2O2S/c15-9-3-1-8(2-4-9)13-10(11-6-20-7-16-11)5-12(18)17-14(13)19/h1-4,6-7,10,13H,5H2,(H,17,18,19). The zero-order valence-electron chi connectivity index (χ0n) is 10.4. The van der Waals surface area contributed by atoms with E-state index in [0.717, 1.165) is 5.69 Å². The highest BCUT2D eigenvalue weighted by Gasteiger charge is 2.38. The van der Waals surface area contributed by atoms with Gasteiger partial charge in [-0.05, 0) is 17.7 Å². The van der Waals surface area contributed by atoms with Crippen molar-refractivity contribution in [2.45, 2.75) is 18.3 Å². The first-order chi connectivity index (χ1) is 9.65. The molecule has 1 aromatic heterocycles. The van der Waals surface area contributed by atoms with Gasteiger partial charge in [0.2, 0.25) is 11.8 Å². The van der Waals surface area contributed by atoms with Crippen LogP contribution in [0.5, 0.6) is 0 Å². The number of piperidine rings is 1. The molecule has 2 unspecified atom stereocenters. The van der Waals surface area contributed by atoms with Crippen LogP contribution in [-0.2, 0) is 9.59 Å². The summed E-state index contributed by atoms with van der Waals surface area (Å²) >= 11 is 1.42. The van der Waals surface area contributed by atoms with E-state index in [9.17, 15) is 14.0 Å². The number of rotatable bonds is 2. The maximum Gasteiger partial charge on any atom is 0.234 e. The number of halogens is 1. The molecule has 2 atom stereocenters. The number of nitrogens with zero attached hydrogens (tertiary/aromatic N) is 1. The first kappa shape index (κ1) is 12.9. The van der Waals surface area contributed by atoms with Crippen LogP contribution in [0.15, 0.2) is 35.2 Å². The molecule has 4 nitrogen and oxygen atoms in total. The molecule has 0 aliphatic carbocycles. The number of imide groups is 1. The molecule has 6 heteroatoms. The van der Waals surface area contributed by atoms with E-state index in [4.69, 9.17) is 0 Å². The van der Waals surface area contributed by atoms with E-state index in [1.165, 1.54) is 23.5 Å². The molecule has 1 aliphatic rings. The van der Waals surface area contributed by atoms with E-state index in [1.807, 2.05) is 5.38 Å². The van der Waals surface area contributed by atoms with Crippen molar-refractivity contribution in [3.05, 3.63) is 52.2 Å². The Balaban J connectivity index is 2.01. The highest BCUT2D eigenvalue weighted by Crippen LogP contribution is 2.38. The first-order valence-corrected chi connectivity index (χ1v) is 7.06. The molecule has 3 rings (SSSR count). The molecule has 0 spiro atoms. The van der Waals surface area contributed by atoms with Gasteiger partial charge in [0, 0.05) is 17.7 Å². The van der Waals surface area contributed by atoms with Gasteiger partial charge in [0.1, 0.15) is 5.82 Å². The molecule has 1 N–H and O–H groups in total. The van der Waals surface area contributed by atoms with E-state index in [1.54, 1.807) is 17.6 Å². The quantitative estimate of drug-likeness (QED) is 0.863. The number of carbonyl (C=O) groups excluding carboxylic acids is 2. The fraction of sp³-hybridized carbons (Fsp3) is 0.214. The molecule has 2 aromatic rings. The summed E-state index contributed by atoms with van der Waals surface area (Å²) in [7, 11) is 0. The molecule has 1 aliphatic heterocycles. The smallest absolute Gasteiger partial charge is 0.234 e. The van der Waals surface area contributed by atoms with Crippen LogP contribution >= 0.6 is 11.3 Å². The molecule has 20 heavy (non-hydrogen) atoms. The van der Waals surface area contributed by atoms with E-state index in [2.05, 4.69) is 10.3 Å². The first-order valence-electron chi connectivity index (χ1n) is 6.12. The van der Waals surface area contributed by atoms with Gasteiger partial charge in [-0.25, -0.2) is 9.37 Å². The maximum atomic E-state index is 13.0. The summed E-state index contributed by atoms with van der Waals surface area (Å²) in [6.07, 6.45) is 0.206. The van der Waals surface area contributed by atoms with Crippen molar-refractivity contribution in [1.29, 1.82) is 0 Å². The minimum atomic E-state index is -0.518. The molecule has 1 aromatic carbocycles. The summed E-state index contributed by atoms with van der Waals surface area (Å²) in [5, 5.41) is 4.18. The van der Waals surface area contributed by atoms with E-state index in [-0.39, 0.29) is 30.0 Å². The van der Waals surface area contributed by atoms with Gasteiger partial charge in [-0.1, -0.05) is 12.1 Å². The van der Waals surface area contributed by atoms with Gasteiger partial charge >= 0.3 is 0 Å². The Morgan fingerprint density at radius 3 is 2.65 bits per heavy atom. The lowest BCUT2D eigenvalue weighted by Crippen LogP contribution is -2.43. The zero-order chi connectivity index (χ0) is 14.1. The number of nitrogens with one attached hydrogen (secondary N) is 1. The summed E-state index contributed by atoms with van der Waals surface area (Å²) in [6, 6.07) is 5.79. The van der Waals surface area contributed by atoms with Crippen LogP contribution in [-0.4, -0.2) is 16.8 Å². The van der Waals surface area contributed by atoms with Gasteiger partial charge in [0.25, 0.3) is 0 Å². The second-order valence-electron chi connectivity index (χ2n) is 4.67. The van der Waals surface area contributed by atoms with Crippen LogP contribution in [0.25, 0.3) is 0 Å². The minimum absolute atomic E-state index is 0.206. The molecular weight excluding hydrogens is 279 g/mol. The van der Waals surface area contributed by atoms with Gasteiger partial charge in [-0.3, -0.25) is 14.9 Å². The van der Waals surface area contributed by atoms with Crippen LogP contribution in [0.3, 0.4) is 0 Å². The maximum absolute atomic E-state index is 13.0. The van der Waals surface area contributed by atoms with Crippen molar-refractivity contribution in [2.75, 3.05) is 0 Å². The lowest BCUT2D eigenvalue weighted by molar-refractivity contribution is -0.135. The topological polar surface area (TPSA) is 59.1 Å². The molecule has 0 saturated carbocycles. The number of carbonyl (C=O) groups is 2. The predicted octanol–water partition coefficient (Wildman–Crippen LogP) is 2.20. The van der Waals surface area contributed by atoms with Gasteiger partial charge in [-0.15, -0.1) is 11.3 Å². The molecule has 2 amide bonds. The Kier molecular flexibility index (Phi) is 3.31. The van der Waals surface area contributed by atoms with Crippen LogP contribution < -0.4 is 5.32 Å². The minimum Gasteiger partial charge on any atom is -0.296 e. The largest absolute Gasteiger partial charge is 0.296 e. The molecule has 102 valence electrons. The van der Waals surface area contributed by atoms with E-state index < -0.39 is 5.92 Å². The lowest BCUT2D eigenvalue weighted by atomic mass is 9.79. The van der Waals surface area contributed by atoms with Gasteiger partial charge < -0.3 is 0 Å². The SMILES string of the molecule is O=C1CC(c2cscn2)C(c2ccc(F)cc2)C(=O)N1. The Bertz CT molecular complexity index is 640. The number of aromatic nitrogens is 1. The third-order valence-electron chi connectivity index (χ3n) is 3.41. The van der Waals surface area contributed by atoms with Crippen molar-refractivity contribution in [3.63, 3.8) is 0 Å². The Morgan fingerprint density at radius 2 is 2.00 bits per heavy atom. The molecule has 2 heterocycles. The average Bonchev–Trinajstić information content (AvgIpc) is 2.93. The lowest BCUT2D eigenvalue weighted by Gasteiger charge is -2.29. The monoisotopic (exact) mass is 290 g/mol. The predicted molar refractivity (Wildman–Crippen MR) is 71.8 cm³/mol. The third-order valence-corrected chi connectivity index (χ3v) is 4.02. The highest BCUT2D eigenvalue weighted by atomic mass is 32.1. The number of thiazole rings is 1. The van der Waals surface area contributed by atoms with Crippen LogP contribution in [0.2, 0.25) is 0 Å². The number of hydrogen-bond acceptors (Lipinski definition) is 4. The fourth-order valence-electron chi connectivity index (χ4n) is 2.50. The zero-order valence-corrected chi connectivity index (χ0v) is 11.2. The van der Waals surface area contributed by atoms with Crippen molar-refractivity contribution in [3.8, 4) is 0 Å². The second kappa shape index (κ2) is 5.13. The Labute approximate surface area is 118 Å². The summed E-state index contributed by atoms with van der Waals surface area (Å²) < 4.78 is 13.0. The second-order valence-corrected chi connectivity index (χ2v) is 5.38. The summed E-state index contributed by atoms with van der Waals surface area (Å²) in [5.74, 6) is -1.83. The van der Waals surface area contributed by atoms with Crippen molar-refractivity contribution in [1.82, 2.24) is 10.3 Å². The summed E-state index contributed by atoms with van der Waals surface area (Å²) in [5.41, 5.74) is 3.09. The molecular formula is C14H11FN2O2S. The Morgan fingerprint density at radius 1 is 1.25 bits per heavy atom. The fourth-order valence-corrected chi connectivity index (χ4v) is 3.12. The molecule has 0 radical (unpaired) electrons. The summed E-state index contributed by atoms with van der Waals surface area (Å²) in [4.78, 5) is 28.0. The average molecular weight is 290 g/mol. The van der Waals surface area contributed by atoms with Crippen molar-refractivity contribution < 1.29 is 14.0 Å². The molecule has 0 bridgehead atoms. The van der Waals surface area contributed by atoms with Crippen LogP contribution in [0.4, 0.5) is 4.39 Å². The van der Waals surface area contributed by atoms with E-state index >= 15 is 0 Å². The number of amides is 2. The summed E-state index contributed by atoms with van der Waals surface area (Å²) in [6.45, 7) is 0. The van der Waals surface area contributed by atoms with Crippen LogP contribution in [0, 0.1) is 5.82 Å². The molecule has 1 saturated heterocycles. The van der Waals surface area contributed by atoms with Crippen LogP contribution in [0.1, 0.15) is 29.5 Å². The highest BCUT2D eigenvalue weighted by molar-refractivity contribution is 7.07. The normalized spacial score (nSPS) is 22.6. The Hall–Kier alpha value is -2.08. The van der Waals surface area contributed by atoms with Crippen molar-refractivity contribution >= 4 is 23.2 Å². The van der Waals surface area contributed by atoms with E-state index in [0.29, 0.717) is 5.56 Å². The number of benzene rings is 1. The molecule has 1 fully saturated rings. The van der Waals surface area contributed by atoms with Gasteiger partial charge in [0.05, 0.1) is 17.1 Å². The number of hydrogen-bond donors (Lipinski definition) is 1. The van der Waals surface area contributed by atoms with Crippen molar-refractivity contribution in [2.24, 2.45) is 0 Å². The van der Waals surface area contributed by atoms with Gasteiger partial charge in [-0.2, -0.15) is 0 Å². The van der Waals surface area contributed by atoms with Gasteiger partial charge in [0.15, 0.2) is 0 Å².